The minimum absolute atomic E-state index is 0.447. The summed E-state index contributed by atoms with van der Waals surface area (Å²) < 4.78 is 0. The van der Waals surface area contributed by atoms with Crippen molar-refractivity contribution in [2.45, 2.75) is 27.2 Å². The number of benzene rings is 1. The van der Waals surface area contributed by atoms with Gasteiger partial charge in [0.05, 0.1) is 18.0 Å². The Morgan fingerprint density at radius 3 is 2.62 bits per heavy atom. The van der Waals surface area contributed by atoms with Crippen LogP contribution in [0.15, 0.2) is 18.2 Å². The van der Waals surface area contributed by atoms with E-state index in [1.165, 1.54) is 11.1 Å². The van der Waals surface area contributed by atoms with Crippen LogP contribution in [-0.2, 0) is 6.42 Å². The lowest BCUT2D eigenvalue weighted by molar-refractivity contribution is 1.18. The predicted molar refractivity (Wildman–Crippen MR) is 65.3 cm³/mol. The zero-order valence-corrected chi connectivity index (χ0v) is 9.83. The van der Waals surface area contributed by atoms with Crippen LogP contribution in [0, 0.1) is 32.1 Å². The third-order valence-electron chi connectivity index (χ3n) is 2.73. The molecule has 80 valence electrons. The molecule has 2 heteroatoms. The Labute approximate surface area is 95.6 Å². The van der Waals surface area contributed by atoms with Gasteiger partial charge in [-0.1, -0.05) is 11.6 Å². The maximum absolute atomic E-state index is 8.84. The molecule has 2 nitrogen and oxygen atoms in total. The minimum Gasteiger partial charge on any atom is -0.253 e. The van der Waals surface area contributed by atoms with Gasteiger partial charge >= 0.3 is 0 Å². The zero-order chi connectivity index (χ0) is 11.7. The van der Waals surface area contributed by atoms with Crippen LogP contribution in [0.4, 0.5) is 0 Å². The molecule has 0 aliphatic rings. The van der Waals surface area contributed by atoms with Crippen molar-refractivity contribution in [3.63, 3.8) is 0 Å². The number of pyridine rings is 1. The number of aryl methyl sites for hydroxylation is 3. The van der Waals surface area contributed by atoms with Gasteiger partial charge in [0.15, 0.2) is 0 Å². The summed E-state index contributed by atoms with van der Waals surface area (Å²) in [6, 6.07) is 8.46. The molecule has 0 fully saturated rings. The van der Waals surface area contributed by atoms with Crippen LogP contribution in [0.3, 0.4) is 0 Å². The minimum atomic E-state index is 0.447. The van der Waals surface area contributed by atoms with Crippen LogP contribution in [-0.4, -0.2) is 4.98 Å². The molecule has 0 spiro atoms. The molecule has 1 aromatic heterocycles. The monoisotopic (exact) mass is 210 g/mol. The van der Waals surface area contributed by atoms with E-state index in [-0.39, 0.29) is 0 Å². The maximum Gasteiger partial charge on any atom is 0.0737 e. The quantitative estimate of drug-likeness (QED) is 0.724. The van der Waals surface area contributed by atoms with Crippen LogP contribution < -0.4 is 0 Å². The molecular formula is C14H14N2. The molecule has 0 amide bonds. The lowest BCUT2D eigenvalue weighted by Gasteiger charge is -2.08. The molecular weight excluding hydrogens is 196 g/mol. The van der Waals surface area contributed by atoms with Gasteiger partial charge < -0.3 is 0 Å². The van der Waals surface area contributed by atoms with Gasteiger partial charge in [-0.15, -0.1) is 0 Å². The van der Waals surface area contributed by atoms with Crippen molar-refractivity contribution in [1.82, 2.24) is 4.98 Å². The van der Waals surface area contributed by atoms with E-state index in [2.05, 4.69) is 37.0 Å². The highest BCUT2D eigenvalue weighted by Gasteiger charge is 2.06. The first-order valence-corrected chi connectivity index (χ1v) is 5.36. The number of hydrogen-bond donors (Lipinski definition) is 0. The topological polar surface area (TPSA) is 36.7 Å². The second-order valence-corrected chi connectivity index (χ2v) is 4.24. The first-order valence-electron chi connectivity index (χ1n) is 5.36. The second kappa shape index (κ2) is 3.94. The molecule has 0 N–H and O–H groups in total. The van der Waals surface area contributed by atoms with Crippen LogP contribution in [0.2, 0.25) is 0 Å². The Hall–Kier alpha value is -1.88. The largest absolute Gasteiger partial charge is 0.253 e. The maximum atomic E-state index is 8.84. The molecule has 16 heavy (non-hydrogen) atoms. The molecule has 0 saturated heterocycles. The molecule has 1 aromatic carbocycles. The summed E-state index contributed by atoms with van der Waals surface area (Å²) in [5, 5.41) is 9.95. The van der Waals surface area contributed by atoms with E-state index >= 15 is 0 Å². The van der Waals surface area contributed by atoms with E-state index in [4.69, 9.17) is 5.26 Å². The normalized spacial score (nSPS) is 10.4. The summed E-state index contributed by atoms with van der Waals surface area (Å²) in [4.78, 5) is 4.55. The van der Waals surface area contributed by atoms with Crippen LogP contribution >= 0.6 is 0 Å². The van der Waals surface area contributed by atoms with E-state index in [1.807, 2.05) is 13.0 Å². The second-order valence-electron chi connectivity index (χ2n) is 4.24. The lowest BCUT2D eigenvalue weighted by Crippen LogP contribution is -1.94. The lowest BCUT2D eigenvalue weighted by atomic mass is 10.0. The first kappa shape index (κ1) is 10.6. The van der Waals surface area contributed by atoms with Gasteiger partial charge in [-0.25, -0.2) is 0 Å². The van der Waals surface area contributed by atoms with Crippen LogP contribution in [0.25, 0.3) is 10.9 Å². The number of nitrogens with zero attached hydrogens (tertiary/aromatic N) is 2. The van der Waals surface area contributed by atoms with Crippen molar-refractivity contribution in [3.8, 4) is 6.07 Å². The van der Waals surface area contributed by atoms with Crippen LogP contribution in [0.5, 0.6) is 0 Å². The third kappa shape index (κ3) is 1.77. The Morgan fingerprint density at radius 1 is 1.19 bits per heavy atom. The summed E-state index contributed by atoms with van der Waals surface area (Å²) >= 11 is 0. The summed E-state index contributed by atoms with van der Waals surface area (Å²) in [5.41, 5.74) is 5.48. The van der Waals surface area contributed by atoms with Crippen LogP contribution in [0.1, 0.15) is 22.4 Å². The van der Waals surface area contributed by atoms with E-state index in [0.29, 0.717) is 6.42 Å². The average Bonchev–Trinajstić information content (AvgIpc) is 2.20. The molecule has 2 rings (SSSR count). The molecule has 0 saturated carbocycles. The molecule has 1 heterocycles. The van der Waals surface area contributed by atoms with E-state index < -0.39 is 0 Å². The van der Waals surface area contributed by atoms with Crippen molar-refractivity contribution in [2.75, 3.05) is 0 Å². The molecule has 0 bridgehead atoms. The molecule has 0 aliphatic heterocycles. The number of rotatable bonds is 1. The molecule has 0 radical (unpaired) electrons. The Kier molecular flexibility index (Phi) is 2.62. The van der Waals surface area contributed by atoms with Gasteiger partial charge in [-0.3, -0.25) is 4.98 Å². The highest BCUT2D eigenvalue weighted by molar-refractivity contribution is 5.86. The number of fused-ring (bicyclic) bond motifs is 1. The van der Waals surface area contributed by atoms with E-state index in [1.54, 1.807) is 0 Å². The Balaban J connectivity index is 2.85. The molecule has 2 aromatic rings. The SMILES string of the molecule is Cc1cc(C)c2nc(C)cc(CC#N)c2c1. The van der Waals surface area contributed by atoms with Gasteiger partial charge in [-0.05, 0) is 44.0 Å². The number of aromatic nitrogens is 1. The molecule has 0 unspecified atom stereocenters. The Morgan fingerprint density at radius 2 is 1.94 bits per heavy atom. The summed E-state index contributed by atoms with van der Waals surface area (Å²) in [6.07, 6.45) is 0.447. The van der Waals surface area contributed by atoms with Crippen molar-refractivity contribution in [2.24, 2.45) is 0 Å². The van der Waals surface area contributed by atoms with Gasteiger partial charge in [0.1, 0.15) is 0 Å². The molecule has 0 atom stereocenters. The standard InChI is InChI=1S/C14H14N2/c1-9-6-10(2)14-13(7-9)12(4-5-15)8-11(3)16-14/h6-8H,4H2,1-3H3. The van der Waals surface area contributed by atoms with Crippen molar-refractivity contribution in [3.05, 3.63) is 40.6 Å². The summed E-state index contributed by atoms with van der Waals surface area (Å²) in [5.74, 6) is 0. The number of hydrogen-bond acceptors (Lipinski definition) is 2. The van der Waals surface area contributed by atoms with Crippen molar-refractivity contribution in [1.29, 1.82) is 5.26 Å². The zero-order valence-electron chi connectivity index (χ0n) is 9.83. The third-order valence-corrected chi connectivity index (χ3v) is 2.73. The summed E-state index contributed by atoms with van der Waals surface area (Å²) in [6.45, 7) is 6.11. The van der Waals surface area contributed by atoms with E-state index in [0.717, 1.165) is 22.2 Å². The van der Waals surface area contributed by atoms with Gasteiger partial charge in [0.25, 0.3) is 0 Å². The van der Waals surface area contributed by atoms with Crippen molar-refractivity contribution < 1.29 is 0 Å². The highest BCUT2D eigenvalue weighted by atomic mass is 14.7. The van der Waals surface area contributed by atoms with E-state index in [9.17, 15) is 0 Å². The highest BCUT2D eigenvalue weighted by Crippen LogP contribution is 2.23. The fraction of sp³-hybridized carbons (Fsp3) is 0.286. The predicted octanol–water partition coefficient (Wildman–Crippen LogP) is 3.23. The molecule has 0 aliphatic carbocycles. The van der Waals surface area contributed by atoms with Crippen molar-refractivity contribution >= 4 is 10.9 Å². The fourth-order valence-electron chi connectivity index (χ4n) is 2.12. The first-order chi connectivity index (χ1) is 7.61. The number of nitriles is 1. The fourth-order valence-corrected chi connectivity index (χ4v) is 2.12. The summed E-state index contributed by atoms with van der Waals surface area (Å²) in [7, 11) is 0. The van der Waals surface area contributed by atoms with Gasteiger partial charge in [0, 0.05) is 11.1 Å². The smallest absolute Gasteiger partial charge is 0.0737 e. The van der Waals surface area contributed by atoms with Gasteiger partial charge in [-0.2, -0.15) is 5.26 Å². The van der Waals surface area contributed by atoms with Gasteiger partial charge in [0.2, 0.25) is 0 Å². The Bertz CT molecular complexity index is 592. The average molecular weight is 210 g/mol.